The molecule has 224 valence electrons. The molecular formula is C39H50O3. The van der Waals surface area contributed by atoms with Crippen molar-refractivity contribution in [3.05, 3.63) is 108 Å². The fourth-order valence-electron chi connectivity index (χ4n) is 10.2. The molecule has 0 spiro atoms. The maximum atomic E-state index is 11.4. The summed E-state index contributed by atoms with van der Waals surface area (Å²) in [7, 11) is 0. The van der Waals surface area contributed by atoms with Crippen molar-refractivity contribution in [2.75, 3.05) is 13.2 Å². The second-order valence-electron chi connectivity index (χ2n) is 14.3. The normalized spacial score (nSPS) is 34.5. The molecule has 42 heavy (non-hydrogen) atoms. The summed E-state index contributed by atoms with van der Waals surface area (Å²) in [5.41, 5.74) is 2.87. The van der Waals surface area contributed by atoms with Crippen LogP contribution in [-0.2, 0) is 10.3 Å². The highest BCUT2D eigenvalue weighted by molar-refractivity contribution is 5.47. The summed E-state index contributed by atoms with van der Waals surface area (Å²) < 4.78 is 7.17. The first-order valence-electron chi connectivity index (χ1n) is 16.4. The van der Waals surface area contributed by atoms with Crippen LogP contribution in [0.2, 0.25) is 0 Å². The van der Waals surface area contributed by atoms with Crippen LogP contribution >= 0.6 is 0 Å². The molecule has 3 fully saturated rings. The van der Waals surface area contributed by atoms with Crippen molar-refractivity contribution in [3.63, 3.8) is 0 Å². The third-order valence-corrected chi connectivity index (χ3v) is 12.2. The predicted octanol–water partition coefficient (Wildman–Crippen LogP) is 8.23. The highest BCUT2D eigenvalue weighted by Crippen LogP contribution is 2.69. The van der Waals surface area contributed by atoms with Crippen molar-refractivity contribution in [2.24, 2.45) is 40.4 Å². The maximum absolute atomic E-state index is 11.4. The minimum atomic E-state index is -0.679. The van der Waals surface area contributed by atoms with Crippen molar-refractivity contribution < 1.29 is 14.9 Å². The molecule has 3 heteroatoms. The average Bonchev–Trinajstić information content (AvgIpc) is 3.40. The Morgan fingerprint density at radius 2 is 1.36 bits per heavy atom. The number of rotatable bonds is 9. The molecule has 3 saturated carbocycles. The van der Waals surface area contributed by atoms with Crippen molar-refractivity contribution in [3.8, 4) is 0 Å². The zero-order valence-corrected chi connectivity index (χ0v) is 25.8. The molecule has 3 nitrogen and oxygen atoms in total. The smallest absolute Gasteiger partial charge is 0.143 e. The Labute approximate surface area is 253 Å². The second-order valence-corrected chi connectivity index (χ2v) is 14.3. The SMILES string of the molecule is C[C@H]1CC[C@@H]2C[C@@H](O)[C@@]3(C)C[C@H](CO)C[C@H]3[C@@]2(C)[C@@H]1CCCOC(c1ccccc1)(c1ccccc1)c1ccccc1. The van der Waals surface area contributed by atoms with E-state index >= 15 is 0 Å². The van der Waals surface area contributed by atoms with Crippen LogP contribution in [0, 0.1) is 40.4 Å². The van der Waals surface area contributed by atoms with Gasteiger partial charge in [0, 0.05) is 13.2 Å². The van der Waals surface area contributed by atoms with E-state index in [-0.39, 0.29) is 23.5 Å². The van der Waals surface area contributed by atoms with Crippen LogP contribution in [-0.4, -0.2) is 29.5 Å². The minimum absolute atomic E-state index is 0.0897. The lowest BCUT2D eigenvalue weighted by molar-refractivity contribution is -0.173. The molecule has 0 heterocycles. The van der Waals surface area contributed by atoms with Crippen LogP contribution in [0.3, 0.4) is 0 Å². The third kappa shape index (κ3) is 4.86. The van der Waals surface area contributed by atoms with Crippen LogP contribution in [0.5, 0.6) is 0 Å². The molecule has 0 aromatic heterocycles. The number of benzene rings is 3. The molecule has 3 aromatic carbocycles. The fraction of sp³-hybridized carbons (Fsp3) is 0.538. The summed E-state index contributed by atoms with van der Waals surface area (Å²) in [6.07, 6.45) is 7.27. The number of ether oxygens (including phenoxy) is 1. The summed E-state index contributed by atoms with van der Waals surface area (Å²) in [6, 6.07) is 32.1. The highest BCUT2D eigenvalue weighted by atomic mass is 16.5. The molecule has 8 atom stereocenters. The minimum Gasteiger partial charge on any atom is -0.396 e. The molecule has 2 N–H and O–H groups in total. The number of hydrogen-bond donors (Lipinski definition) is 2. The van der Waals surface area contributed by atoms with Gasteiger partial charge in [0.15, 0.2) is 0 Å². The van der Waals surface area contributed by atoms with Gasteiger partial charge < -0.3 is 14.9 Å². The molecule has 0 bridgehead atoms. The van der Waals surface area contributed by atoms with E-state index in [2.05, 4.69) is 112 Å². The molecule has 0 radical (unpaired) electrons. The average molecular weight is 567 g/mol. The van der Waals surface area contributed by atoms with Crippen LogP contribution in [0.15, 0.2) is 91.0 Å². The molecule has 3 aromatic rings. The van der Waals surface area contributed by atoms with Gasteiger partial charge in [0.05, 0.1) is 6.10 Å². The van der Waals surface area contributed by atoms with Gasteiger partial charge in [-0.25, -0.2) is 0 Å². The quantitative estimate of drug-likeness (QED) is 0.203. The largest absolute Gasteiger partial charge is 0.396 e. The van der Waals surface area contributed by atoms with E-state index in [4.69, 9.17) is 4.74 Å². The van der Waals surface area contributed by atoms with Crippen LogP contribution < -0.4 is 0 Å². The van der Waals surface area contributed by atoms with Gasteiger partial charge in [-0.2, -0.15) is 0 Å². The van der Waals surface area contributed by atoms with Crippen LogP contribution in [0.4, 0.5) is 0 Å². The molecule has 0 unspecified atom stereocenters. The van der Waals surface area contributed by atoms with E-state index in [9.17, 15) is 10.2 Å². The lowest BCUT2D eigenvalue weighted by atomic mass is 9.43. The summed E-state index contributed by atoms with van der Waals surface area (Å²) in [6.45, 7) is 8.28. The van der Waals surface area contributed by atoms with Gasteiger partial charge in [-0.05, 0) is 95.6 Å². The third-order valence-electron chi connectivity index (χ3n) is 12.2. The molecular weight excluding hydrogens is 516 g/mol. The Morgan fingerprint density at radius 1 is 0.810 bits per heavy atom. The van der Waals surface area contributed by atoms with E-state index in [0.29, 0.717) is 36.2 Å². The summed E-state index contributed by atoms with van der Waals surface area (Å²) in [5, 5.41) is 21.5. The number of fused-ring (bicyclic) bond motifs is 3. The maximum Gasteiger partial charge on any atom is 0.143 e. The van der Waals surface area contributed by atoms with E-state index in [1.807, 2.05) is 0 Å². The number of aliphatic hydroxyl groups is 2. The lowest BCUT2D eigenvalue weighted by Crippen LogP contribution is -2.58. The predicted molar refractivity (Wildman–Crippen MR) is 170 cm³/mol. The van der Waals surface area contributed by atoms with Gasteiger partial charge >= 0.3 is 0 Å². The summed E-state index contributed by atoms with van der Waals surface area (Å²) in [5.74, 6) is 2.58. The van der Waals surface area contributed by atoms with Crippen molar-refractivity contribution in [1.29, 1.82) is 0 Å². The Hall–Kier alpha value is -2.46. The molecule has 0 saturated heterocycles. The first-order chi connectivity index (χ1) is 20.3. The van der Waals surface area contributed by atoms with Gasteiger partial charge in [-0.15, -0.1) is 0 Å². The van der Waals surface area contributed by atoms with E-state index in [1.54, 1.807) is 0 Å². The monoisotopic (exact) mass is 566 g/mol. The van der Waals surface area contributed by atoms with Gasteiger partial charge in [0.2, 0.25) is 0 Å². The van der Waals surface area contributed by atoms with Crippen molar-refractivity contribution in [2.45, 2.75) is 77.4 Å². The summed E-state index contributed by atoms with van der Waals surface area (Å²) >= 11 is 0. The first-order valence-corrected chi connectivity index (χ1v) is 16.4. The van der Waals surface area contributed by atoms with E-state index in [0.717, 1.165) is 48.8 Å². The molecule has 0 amide bonds. The Kier molecular flexibility index (Phi) is 8.39. The van der Waals surface area contributed by atoms with E-state index < -0.39 is 5.60 Å². The summed E-state index contributed by atoms with van der Waals surface area (Å²) in [4.78, 5) is 0. The van der Waals surface area contributed by atoms with Gasteiger partial charge in [0.25, 0.3) is 0 Å². The van der Waals surface area contributed by atoms with E-state index in [1.165, 1.54) is 12.8 Å². The number of hydrogen-bond acceptors (Lipinski definition) is 3. The number of aliphatic hydroxyl groups excluding tert-OH is 2. The van der Waals surface area contributed by atoms with Gasteiger partial charge in [-0.1, -0.05) is 118 Å². The molecule has 3 aliphatic carbocycles. The zero-order chi connectivity index (χ0) is 29.4. The Balaban J connectivity index is 1.28. The zero-order valence-electron chi connectivity index (χ0n) is 25.8. The Bertz CT molecular complexity index is 1200. The Morgan fingerprint density at radius 3 is 1.88 bits per heavy atom. The fourth-order valence-corrected chi connectivity index (χ4v) is 10.2. The van der Waals surface area contributed by atoms with Gasteiger partial charge in [0.1, 0.15) is 5.60 Å². The standard InChI is InChI=1S/C39H50O3/c1-28-21-22-33-25-36(41)37(2)26-29(27-40)24-35(37)38(33,3)34(28)20-13-23-42-39(30-14-7-4-8-15-30,31-16-9-5-10-17-31)32-18-11-6-12-19-32/h4-12,14-19,28-29,33-36,40-41H,13,20-27H2,1-3H3/t28-,29+,33+,34+,35+,36+,37-,38+/m0/s1. The molecule has 0 aliphatic heterocycles. The topological polar surface area (TPSA) is 49.7 Å². The van der Waals surface area contributed by atoms with Crippen molar-refractivity contribution >= 4 is 0 Å². The van der Waals surface area contributed by atoms with Crippen LogP contribution in [0.25, 0.3) is 0 Å². The van der Waals surface area contributed by atoms with Crippen molar-refractivity contribution in [1.82, 2.24) is 0 Å². The van der Waals surface area contributed by atoms with Crippen LogP contribution in [0.1, 0.15) is 82.4 Å². The molecule has 3 aliphatic rings. The second kappa shape index (κ2) is 11.9. The molecule has 6 rings (SSSR count). The lowest BCUT2D eigenvalue weighted by Gasteiger charge is -2.62. The van der Waals surface area contributed by atoms with Gasteiger partial charge in [-0.3, -0.25) is 0 Å². The first kappa shape index (κ1) is 29.6. The highest BCUT2D eigenvalue weighted by Gasteiger charge is 2.64.